The van der Waals surface area contributed by atoms with Crippen LogP contribution in [0.2, 0.25) is 5.02 Å². The quantitative estimate of drug-likeness (QED) is 0.911. The lowest BCUT2D eigenvalue weighted by molar-refractivity contribution is 0.0939. The number of ether oxygens (including phenoxy) is 2. The Morgan fingerprint density at radius 1 is 1.23 bits per heavy atom. The summed E-state index contributed by atoms with van der Waals surface area (Å²) in [4.78, 5) is 12.2. The highest BCUT2D eigenvalue weighted by Crippen LogP contribution is 2.34. The molecule has 0 spiro atoms. The maximum Gasteiger partial charge on any atom is 0.251 e. The zero-order chi connectivity index (χ0) is 15.7. The Morgan fingerprint density at radius 2 is 2.00 bits per heavy atom. The third-order valence-electron chi connectivity index (χ3n) is 3.45. The van der Waals surface area contributed by atoms with Crippen molar-refractivity contribution >= 4 is 17.5 Å². The van der Waals surface area contributed by atoms with Gasteiger partial charge < -0.3 is 19.9 Å². The van der Waals surface area contributed by atoms with Crippen LogP contribution in [0.5, 0.6) is 17.2 Å². The number of halogens is 1. The van der Waals surface area contributed by atoms with Gasteiger partial charge >= 0.3 is 0 Å². The number of hydrogen-bond acceptors (Lipinski definition) is 4. The van der Waals surface area contributed by atoms with E-state index < -0.39 is 0 Å². The van der Waals surface area contributed by atoms with Crippen molar-refractivity contribution in [3.05, 3.63) is 52.5 Å². The molecule has 5 nitrogen and oxygen atoms in total. The van der Waals surface area contributed by atoms with E-state index in [0.717, 1.165) is 5.56 Å². The highest BCUT2D eigenvalue weighted by Gasteiger charge is 2.17. The molecule has 2 aromatic rings. The van der Waals surface area contributed by atoms with E-state index in [2.05, 4.69) is 5.32 Å². The standard InChI is InChI=1S/C16H14ClNO4/c1-9(10-3-5-14-15(7-10)22-8-21-14)18-16(20)11-2-4-13(19)12(17)6-11/h2-7,9,19H,8H2,1H3,(H,18,20). The fourth-order valence-electron chi connectivity index (χ4n) is 2.19. The molecule has 114 valence electrons. The minimum absolute atomic E-state index is 0.0537. The molecule has 1 amide bonds. The van der Waals surface area contributed by atoms with Gasteiger partial charge in [-0.1, -0.05) is 17.7 Å². The lowest BCUT2D eigenvalue weighted by atomic mass is 10.1. The summed E-state index contributed by atoms with van der Waals surface area (Å²) >= 11 is 5.81. The summed E-state index contributed by atoms with van der Waals surface area (Å²) in [5, 5.41) is 12.4. The molecular formula is C16H14ClNO4. The van der Waals surface area contributed by atoms with Crippen LogP contribution in [0.4, 0.5) is 0 Å². The number of phenols is 1. The molecule has 1 aliphatic heterocycles. The number of aromatic hydroxyl groups is 1. The third kappa shape index (κ3) is 2.80. The van der Waals surface area contributed by atoms with Gasteiger partial charge in [0, 0.05) is 5.56 Å². The molecule has 1 unspecified atom stereocenters. The zero-order valence-corrected chi connectivity index (χ0v) is 12.6. The average molecular weight is 320 g/mol. The zero-order valence-electron chi connectivity index (χ0n) is 11.8. The van der Waals surface area contributed by atoms with E-state index in [0.29, 0.717) is 17.1 Å². The number of carbonyl (C=O) groups excluding carboxylic acids is 1. The van der Waals surface area contributed by atoms with Crippen LogP contribution < -0.4 is 14.8 Å². The predicted octanol–water partition coefficient (Wildman–Crippen LogP) is 3.27. The molecule has 0 aromatic heterocycles. The second-order valence-corrected chi connectivity index (χ2v) is 5.38. The maximum absolute atomic E-state index is 12.2. The minimum Gasteiger partial charge on any atom is -0.506 e. The number of hydrogen-bond donors (Lipinski definition) is 2. The molecule has 2 N–H and O–H groups in total. The van der Waals surface area contributed by atoms with E-state index in [1.807, 2.05) is 25.1 Å². The number of nitrogens with one attached hydrogen (secondary N) is 1. The van der Waals surface area contributed by atoms with Crippen LogP contribution in [0.1, 0.15) is 28.9 Å². The molecule has 0 radical (unpaired) electrons. The Bertz CT molecular complexity index is 732. The molecule has 0 aliphatic carbocycles. The Hall–Kier alpha value is -2.40. The number of rotatable bonds is 3. The smallest absolute Gasteiger partial charge is 0.251 e. The molecule has 2 aromatic carbocycles. The van der Waals surface area contributed by atoms with Crippen molar-refractivity contribution in [1.29, 1.82) is 0 Å². The van der Waals surface area contributed by atoms with Crippen molar-refractivity contribution in [1.82, 2.24) is 5.32 Å². The average Bonchev–Trinajstić information content (AvgIpc) is 2.97. The van der Waals surface area contributed by atoms with Gasteiger partial charge in [0.1, 0.15) is 5.75 Å². The minimum atomic E-state index is -0.271. The Kier molecular flexibility index (Phi) is 3.81. The lowest BCUT2D eigenvalue weighted by Gasteiger charge is -2.15. The van der Waals surface area contributed by atoms with Gasteiger partial charge in [-0.3, -0.25) is 4.79 Å². The van der Waals surface area contributed by atoms with Crippen molar-refractivity contribution in [3.63, 3.8) is 0 Å². The summed E-state index contributed by atoms with van der Waals surface area (Å²) < 4.78 is 10.6. The fraction of sp³-hybridized carbons (Fsp3) is 0.188. The van der Waals surface area contributed by atoms with Gasteiger partial charge in [-0.25, -0.2) is 0 Å². The monoisotopic (exact) mass is 319 g/mol. The number of carbonyl (C=O) groups is 1. The molecule has 1 aliphatic rings. The van der Waals surface area contributed by atoms with Crippen molar-refractivity contribution in [3.8, 4) is 17.2 Å². The third-order valence-corrected chi connectivity index (χ3v) is 3.76. The number of benzene rings is 2. The highest BCUT2D eigenvalue weighted by molar-refractivity contribution is 6.32. The van der Waals surface area contributed by atoms with Gasteiger partial charge in [-0.2, -0.15) is 0 Å². The van der Waals surface area contributed by atoms with Crippen LogP contribution in [0, 0.1) is 0 Å². The summed E-state index contributed by atoms with van der Waals surface area (Å²) in [7, 11) is 0. The molecular weight excluding hydrogens is 306 g/mol. The van der Waals surface area contributed by atoms with Crippen molar-refractivity contribution in [2.45, 2.75) is 13.0 Å². The van der Waals surface area contributed by atoms with E-state index in [1.165, 1.54) is 18.2 Å². The van der Waals surface area contributed by atoms with Crippen molar-refractivity contribution in [2.75, 3.05) is 6.79 Å². The SMILES string of the molecule is CC(NC(=O)c1ccc(O)c(Cl)c1)c1ccc2c(c1)OCO2. The molecule has 0 saturated heterocycles. The normalized spacial score (nSPS) is 13.7. The highest BCUT2D eigenvalue weighted by atomic mass is 35.5. The summed E-state index contributed by atoms with van der Waals surface area (Å²) in [6.07, 6.45) is 0. The van der Waals surface area contributed by atoms with Crippen LogP contribution in [-0.4, -0.2) is 17.8 Å². The topological polar surface area (TPSA) is 67.8 Å². The predicted molar refractivity (Wildman–Crippen MR) is 81.6 cm³/mol. The molecule has 6 heteroatoms. The second kappa shape index (κ2) is 5.77. The van der Waals surface area contributed by atoms with Gasteiger partial charge in [-0.15, -0.1) is 0 Å². The summed E-state index contributed by atoms with van der Waals surface area (Å²) in [6, 6.07) is 9.66. The van der Waals surface area contributed by atoms with Crippen LogP contribution in [-0.2, 0) is 0 Å². The first-order valence-corrected chi connectivity index (χ1v) is 7.11. The Labute approximate surface area is 132 Å². The van der Waals surface area contributed by atoms with E-state index >= 15 is 0 Å². The van der Waals surface area contributed by atoms with E-state index in [4.69, 9.17) is 21.1 Å². The summed E-state index contributed by atoms with van der Waals surface area (Å²) in [5.74, 6) is 1.05. The first-order valence-electron chi connectivity index (χ1n) is 6.73. The van der Waals surface area contributed by atoms with Gasteiger partial charge in [-0.05, 0) is 42.8 Å². The molecule has 0 saturated carbocycles. The largest absolute Gasteiger partial charge is 0.506 e. The molecule has 0 fully saturated rings. The van der Waals surface area contributed by atoms with Gasteiger partial charge in [0.25, 0.3) is 5.91 Å². The van der Waals surface area contributed by atoms with Gasteiger partial charge in [0.05, 0.1) is 11.1 Å². The van der Waals surface area contributed by atoms with Crippen molar-refractivity contribution < 1.29 is 19.4 Å². The van der Waals surface area contributed by atoms with Crippen LogP contribution >= 0.6 is 11.6 Å². The maximum atomic E-state index is 12.2. The molecule has 0 bridgehead atoms. The fourth-order valence-corrected chi connectivity index (χ4v) is 2.37. The van der Waals surface area contributed by atoms with Gasteiger partial charge in [0.2, 0.25) is 6.79 Å². The first-order chi connectivity index (χ1) is 10.5. The van der Waals surface area contributed by atoms with E-state index in [9.17, 15) is 9.90 Å². The number of amides is 1. The first kappa shape index (κ1) is 14.5. The van der Waals surface area contributed by atoms with E-state index in [1.54, 1.807) is 0 Å². The molecule has 3 rings (SSSR count). The molecule has 22 heavy (non-hydrogen) atoms. The number of phenolic OH excluding ortho intramolecular Hbond substituents is 1. The van der Waals surface area contributed by atoms with Crippen LogP contribution in [0.3, 0.4) is 0 Å². The van der Waals surface area contributed by atoms with E-state index in [-0.39, 0.29) is 29.5 Å². The van der Waals surface area contributed by atoms with Gasteiger partial charge in [0.15, 0.2) is 11.5 Å². The number of fused-ring (bicyclic) bond motifs is 1. The Balaban J connectivity index is 1.74. The summed E-state index contributed by atoms with van der Waals surface area (Å²) in [5.41, 5.74) is 1.29. The van der Waals surface area contributed by atoms with Crippen LogP contribution in [0.25, 0.3) is 0 Å². The van der Waals surface area contributed by atoms with Crippen molar-refractivity contribution in [2.24, 2.45) is 0 Å². The van der Waals surface area contributed by atoms with Crippen LogP contribution in [0.15, 0.2) is 36.4 Å². The summed E-state index contributed by atoms with van der Waals surface area (Å²) in [6.45, 7) is 2.09. The second-order valence-electron chi connectivity index (χ2n) is 4.97. The molecule has 1 heterocycles. The Morgan fingerprint density at radius 3 is 2.77 bits per heavy atom. The molecule has 1 atom stereocenters. The lowest BCUT2D eigenvalue weighted by Crippen LogP contribution is -2.26.